The smallest absolute Gasteiger partial charge is 0.188 e. The number of carbonyl (C=O) groups excluding carboxylic acids is 1. The maximum Gasteiger partial charge on any atom is 0.188 e. The molecule has 1 N–H and O–H groups in total. The van der Waals surface area contributed by atoms with Crippen LogP contribution in [0.3, 0.4) is 0 Å². The molecule has 3 rings (SSSR count). The van der Waals surface area contributed by atoms with Crippen molar-refractivity contribution in [1.82, 2.24) is 0 Å². The summed E-state index contributed by atoms with van der Waals surface area (Å²) in [5, 5.41) is 9.10. The minimum absolute atomic E-state index is 0.277. The molecule has 29 heavy (non-hydrogen) atoms. The van der Waals surface area contributed by atoms with Crippen molar-refractivity contribution in [2.24, 2.45) is 0 Å². The molecule has 3 aromatic rings. The second-order valence-corrected chi connectivity index (χ2v) is 6.86. The zero-order valence-corrected chi connectivity index (χ0v) is 16.5. The number of aliphatic hydroxyl groups excluding tert-OH is 1. The maximum atomic E-state index is 11.8. The van der Waals surface area contributed by atoms with Crippen molar-refractivity contribution in [3.05, 3.63) is 101 Å². The molecule has 0 radical (unpaired) electrons. The molecule has 0 spiro atoms. The van der Waals surface area contributed by atoms with Crippen molar-refractivity contribution in [1.29, 1.82) is 0 Å². The van der Waals surface area contributed by atoms with Crippen LogP contribution in [0.5, 0.6) is 5.75 Å². The third kappa shape index (κ3) is 6.44. The number of aliphatic hydroxyl groups is 1. The molecular formula is C26H26O3. The summed E-state index contributed by atoms with van der Waals surface area (Å²) in [5.41, 5.74) is 3.71. The zero-order chi connectivity index (χ0) is 20.3. The van der Waals surface area contributed by atoms with Crippen molar-refractivity contribution >= 4 is 17.9 Å². The van der Waals surface area contributed by atoms with E-state index in [2.05, 4.69) is 24.3 Å². The molecule has 0 aromatic heterocycles. The number of aryl methyl sites for hydroxylation is 1. The maximum absolute atomic E-state index is 11.8. The van der Waals surface area contributed by atoms with Crippen molar-refractivity contribution in [2.45, 2.75) is 19.3 Å². The van der Waals surface area contributed by atoms with Crippen LogP contribution in [-0.4, -0.2) is 24.1 Å². The minimum Gasteiger partial charge on any atom is -0.494 e. The lowest BCUT2D eigenvalue weighted by Gasteiger charge is -2.07. The average Bonchev–Trinajstić information content (AvgIpc) is 2.78. The molecule has 0 saturated carbocycles. The molecule has 3 aromatic carbocycles. The SMILES string of the molecule is O=C(CO)c1ccccc1/C=C/c1ccc(OCCCCc2ccccc2)cc1. The van der Waals surface area contributed by atoms with Gasteiger partial charge in [-0.1, -0.05) is 78.9 Å². The van der Waals surface area contributed by atoms with Crippen LogP contribution in [0.4, 0.5) is 0 Å². The van der Waals surface area contributed by atoms with Gasteiger partial charge in [-0.2, -0.15) is 0 Å². The Morgan fingerprint density at radius 2 is 1.55 bits per heavy atom. The van der Waals surface area contributed by atoms with E-state index in [1.807, 2.05) is 54.6 Å². The van der Waals surface area contributed by atoms with E-state index in [4.69, 9.17) is 9.84 Å². The summed E-state index contributed by atoms with van der Waals surface area (Å²) in [5.74, 6) is 0.582. The van der Waals surface area contributed by atoms with Gasteiger partial charge in [-0.3, -0.25) is 4.79 Å². The topological polar surface area (TPSA) is 46.5 Å². The fourth-order valence-corrected chi connectivity index (χ4v) is 3.11. The number of hydrogen-bond acceptors (Lipinski definition) is 3. The number of hydrogen-bond donors (Lipinski definition) is 1. The highest BCUT2D eigenvalue weighted by Crippen LogP contribution is 2.17. The standard InChI is InChI=1S/C26H26O3/c27-20-26(28)25-12-5-4-11-23(25)16-13-22-14-17-24(18-15-22)29-19-7-6-10-21-8-2-1-3-9-21/h1-5,8-9,11-18,27H,6-7,10,19-20H2/b16-13+. The molecule has 0 atom stereocenters. The molecule has 0 aliphatic heterocycles. The van der Waals surface area contributed by atoms with Crippen LogP contribution in [0.15, 0.2) is 78.9 Å². The Bertz CT molecular complexity index is 928. The summed E-state index contributed by atoms with van der Waals surface area (Å²) in [4.78, 5) is 11.8. The number of unbranched alkanes of at least 4 members (excludes halogenated alkanes) is 1. The first-order chi connectivity index (χ1) is 14.3. The second-order valence-electron chi connectivity index (χ2n) is 6.86. The van der Waals surface area contributed by atoms with Crippen LogP contribution in [0, 0.1) is 0 Å². The Morgan fingerprint density at radius 3 is 2.31 bits per heavy atom. The second kappa shape index (κ2) is 11.0. The van der Waals surface area contributed by atoms with Gasteiger partial charge in [-0.15, -0.1) is 0 Å². The van der Waals surface area contributed by atoms with E-state index in [0.29, 0.717) is 12.2 Å². The normalized spacial score (nSPS) is 10.9. The molecule has 148 valence electrons. The van der Waals surface area contributed by atoms with Crippen LogP contribution in [0.2, 0.25) is 0 Å². The van der Waals surface area contributed by atoms with E-state index in [1.165, 1.54) is 5.56 Å². The third-order valence-corrected chi connectivity index (χ3v) is 4.71. The first-order valence-corrected chi connectivity index (χ1v) is 9.94. The number of benzene rings is 3. The monoisotopic (exact) mass is 386 g/mol. The Morgan fingerprint density at radius 1 is 0.828 bits per heavy atom. The van der Waals surface area contributed by atoms with Gasteiger partial charge in [0.1, 0.15) is 12.4 Å². The largest absolute Gasteiger partial charge is 0.494 e. The number of rotatable bonds is 10. The summed E-state index contributed by atoms with van der Waals surface area (Å²) >= 11 is 0. The Labute approximate surface area is 172 Å². The molecule has 3 nitrogen and oxygen atoms in total. The van der Waals surface area contributed by atoms with Crippen LogP contribution in [0.1, 0.15) is 39.9 Å². The van der Waals surface area contributed by atoms with Gasteiger partial charge in [-0.05, 0) is 48.1 Å². The zero-order valence-electron chi connectivity index (χ0n) is 16.5. The molecule has 0 heterocycles. The molecule has 0 bridgehead atoms. The molecule has 0 saturated heterocycles. The van der Waals surface area contributed by atoms with Crippen LogP contribution in [-0.2, 0) is 6.42 Å². The van der Waals surface area contributed by atoms with Gasteiger partial charge in [0, 0.05) is 5.56 Å². The molecule has 0 fully saturated rings. The first-order valence-electron chi connectivity index (χ1n) is 9.94. The van der Waals surface area contributed by atoms with Gasteiger partial charge in [-0.25, -0.2) is 0 Å². The summed E-state index contributed by atoms with van der Waals surface area (Å²) < 4.78 is 5.83. The predicted molar refractivity (Wildman–Crippen MR) is 118 cm³/mol. The van der Waals surface area contributed by atoms with E-state index in [9.17, 15) is 4.79 Å². The molecular weight excluding hydrogens is 360 g/mol. The van der Waals surface area contributed by atoms with Crippen LogP contribution < -0.4 is 4.74 Å². The van der Waals surface area contributed by atoms with Gasteiger partial charge < -0.3 is 9.84 Å². The van der Waals surface area contributed by atoms with Crippen LogP contribution in [0.25, 0.3) is 12.2 Å². The van der Waals surface area contributed by atoms with E-state index in [-0.39, 0.29) is 5.78 Å². The summed E-state index contributed by atoms with van der Waals surface area (Å²) in [6.07, 6.45) is 7.05. The Kier molecular flexibility index (Phi) is 7.79. The number of ether oxygens (including phenoxy) is 1. The van der Waals surface area contributed by atoms with E-state index >= 15 is 0 Å². The fourth-order valence-electron chi connectivity index (χ4n) is 3.11. The highest BCUT2D eigenvalue weighted by Gasteiger charge is 2.07. The van der Waals surface area contributed by atoms with Crippen molar-refractivity contribution < 1.29 is 14.6 Å². The molecule has 0 amide bonds. The molecule has 0 aliphatic rings. The van der Waals surface area contributed by atoms with Crippen molar-refractivity contribution in [3.63, 3.8) is 0 Å². The fraction of sp³-hybridized carbons (Fsp3) is 0.192. The van der Waals surface area contributed by atoms with Gasteiger partial charge in [0.25, 0.3) is 0 Å². The minimum atomic E-state index is -0.484. The summed E-state index contributed by atoms with van der Waals surface area (Å²) in [6.45, 7) is 0.223. The van der Waals surface area contributed by atoms with Gasteiger partial charge >= 0.3 is 0 Å². The predicted octanol–water partition coefficient (Wildman–Crippen LogP) is 5.43. The lowest BCUT2D eigenvalue weighted by Crippen LogP contribution is -2.05. The highest BCUT2D eigenvalue weighted by molar-refractivity contribution is 6.00. The molecule has 3 heteroatoms. The quantitative estimate of drug-likeness (QED) is 0.287. The number of carbonyl (C=O) groups is 1. The van der Waals surface area contributed by atoms with Gasteiger partial charge in [0.15, 0.2) is 5.78 Å². The Hall–Kier alpha value is -3.17. The van der Waals surface area contributed by atoms with E-state index < -0.39 is 6.61 Å². The third-order valence-electron chi connectivity index (χ3n) is 4.71. The molecule has 0 unspecified atom stereocenters. The molecule has 0 aliphatic carbocycles. The summed E-state index contributed by atoms with van der Waals surface area (Å²) in [6, 6.07) is 25.7. The van der Waals surface area contributed by atoms with Gasteiger partial charge in [0.05, 0.1) is 6.61 Å². The number of Topliss-reactive ketones (excluding diaryl/α,β-unsaturated/α-hetero) is 1. The first kappa shape index (κ1) is 20.6. The lowest BCUT2D eigenvalue weighted by molar-refractivity contribution is 0.0903. The van der Waals surface area contributed by atoms with Gasteiger partial charge in [0.2, 0.25) is 0 Å². The van der Waals surface area contributed by atoms with E-state index in [1.54, 1.807) is 12.1 Å². The Balaban J connectivity index is 1.48. The average molecular weight is 386 g/mol. The van der Waals surface area contributed by atoms with Crippen LogP contribution >= 0.6 is 0 Å². The van der Waals surface area contributed by atoms with E-state index in [0.717, 1.165) is 36.1 Å². The van der Waals surface area contributed by atoms with Crippen molar-refractivity contribution in [2.75, 3.05) is 13.2 Å². The highest BCUT2D eigenvalue weighted by atomic mass is 16.5. The van der Waals surface area contributed by atoms with Crippen molar-refractivity contribution in [3.8, 4) is 5.75 Å². The summed E-state index contributed by atoms with van der Waals surface area (Å²) in [7, 11) is 0. The number of ketones is 1. The lowest BCUT2D eigenvalue weighted by atomic mass is 10.0.